The zero-order valence-electron chi connectivity index (χ0n) is 9.51. The molecule has 0 saturated carbocycles. The first-order chi connectivity index (χ1) is 8.40. The normalized spacial score (nSPS) is 12.3. The lowest BCUT2D eigenvalue weighted by molar-refractivity contribution is 0.375. The van der Waals surface area contributed by atoms with E-state index in [2.05, 4.69) is 10.3 Å². The Labute approximate surface area is 101 Å². The lowest BCUT2D eigenvalue weighted by atomic mass is 10.1. The molecule has 0 radical (unpaired) electrons. The Bertz CT molecular complexity index is 430. The molecule has 1 unspecified atom stereocenters. The predicted molar refractivity (Wildman–Crippen MR) is 66.2 cm³/mol. The van der Waals surface area contributed by atoms with Crippen LogP contribution < -0.4 is 5.32 Å². The van der Waals surface area contributed by atoms with E-state index in [0.717, 1.165) is 11.3 Å². The highest BCUT2D eigenvalue weighted by atomic mass is 19.1. The molecule has 1 aromatic carbocycles. The van der Waals surface area contributed by atoms with Gasteiger partial charge in [-0.3, -0.25) is 4.98 Å². The Morgan fingerprint density at radius 2 is 1.82 bits per heavy atom. The molecule has 0 aliphatic heterocycles. The van der Waals surface area contributed by atoms with Gasteiger partial charge in [0.1, 0.15) is 6.67 Å². The number of hydrogen-bond donors (Lipinski definition) is 1. The number of benzene rings is 1. The minimum atomic E-state index is -0.455. The summed E-state index contributed by atoms with van der Waals surface area (Å²) < 4.78 is 12.9. The molecule has 0 saturated heterocycles. The highest BCUT2D eigenvalue weighted by Crippen LogP contribution is 2.11. The summed E-state index contributed by atoms with van der Waals surface area (Å²) in [5.41, 5.74) is 1.88. The summed E-state index contributed by atoms with van der Waals surface area (Å²) in [6.45, 7) is 0.190. The van der Waals surface area contributed by atoms with Crippen LogP contribution in [0, 0.1) is 0 Å². The summed E-state index contributed by atoms with van der Waals surface area (Å²) >= 11 is 0. The van der Waals surface area contributed by atoms with E-state index in [4.69, 9.17) is 0 Å². The van der Waals surface area contributed by atoms with Crippen LogP contribution in [-0.2, 0) is 6.54 Å². The van der Waals surface area contributed by atoms with Crippen LogP contribution in [-0.4, -0.2) is 11.7 Å². The monoisotopic (exact) mass is 230 g/mol. The van der Waals surface area contributed by atoms with Crippen LogP contribution in [0.4, 0.5) is 4.39 Å². The average Bonchev–Trinajstić information content (AvgIpc) is 2.42. The van der Waals surface area contributed by atoms with Crippen molar-refractivity contribution < 1.29 is 4.39 Å². The minimum absolute atomic E-state index is 0.337. The second-order valence-corrected chi connectivity index (χ2v) is 3.83. The van der Waals surface area contributed by atoms with Crippen molar-refractivity contribution in [1.29, 1.82) is 0 Å². The van der Waals surface area contributed by atoms with Gasteiger partial charge in [-0.2, -0.15) is 0 Å². The van der Waals surface area contributed by atoms with Gasteiger partial charge >= 0.3 is 0 Å². The van der Waals surface area contributed by atoms with Gasteiger partial charge in [-0.15, -0.1) is 0 Å². The summed E-state index contributed by atoms with van der Waals surface area (Å²) in [4.78, 5) is 4.16. The quantitative estimate of drug-likeness (QED) is 0.854. The van der Waals surface area contributed by atoms with E-state index in [-0.39, 0.29) is 6.04 Å². The van der Waals surface area contributed by atoms with E-state index in [9.17, 15) is 4.39 Å². The molecular formula is C14H15FN2. The predicted octanol–water partition coefficient (Wildman–Crippen LogP) is 2.88. The van der Waals surface area contributed by atoms with Gasteiger partial charge in [-0.1, -0.05) is 36.4 Å². The first-order valence-corrected chi connectivity index (χ1v) is 5.64. The fourth-order valence-electron chi connectivity index (χ4n) is 1.66. The Balaban J connectivity index is 1.97. The zero-order chi connectivity index (χ0) is 11.9. The Hall–Kier alpha value is -1.74. The van der Waals surface area contributed by atoms with Crippen LogP contribution in [0.15, 0.2) is 54.7 Å². The molecule has 0 aliphatic carbocycles. The number of rotatable bonds is 5. The van der Waals surface area contributed by atoms with Crippen molar-refractivity contribution in [3.8, 4) is 0 Å². The van der Waals surface area contributed by atoms with Crippen molar-refractivity contribution in [1.82, 2.24) is 10.3 Å². The topological polar surface area (TPSA) is 24.9 Å². The number of halogens is 1. The highest BCUT2D eigenvalue weighted by Gasteiger charge is 2.10. The van der Waals surface area contributed by atoms with Crippen LogP contribution in [0.2, 0.25) is 0 Å². The summed E-state index contributed by atoms with van der Waals surface area (Å²) in [5.74, 6) is 0. The van der Waals surface area contributed by atoms with Crippen LogP contribution in [0.5, 0.6) is 0 Å². The second kappa shape index (κ2) is 6.11. The standard InChI is InChI=1S/C14H15FN2/c15-10-14(13-8-4-5-9-16-13)17-11-12-6-2-1-3-7-12/h1-9,14,17H,10-11H2. The zero-order valence-corrected chi connectivity index (χ0v) is 9.51. The highest BCUT2D eigenvalue weighted by molar-refractivity contribution is 5.15. The average molecular weight is 230 g/mol. The Kier molecular flexibility index (Phi) is 4.22. The fraction of sp³-hybridized carbons (Fsp3) is 0.214. The summed E-state index contributed by atoms with van der Waals surface area (Å²) in [5, 5.41) is 3.16. The third-order valence-electron chi connectivity index (χ3n) is 2.59. The SMILES string of the molecule is FCC(NCc1ccccc1)c1ccccn1. The molecule has 1 atom stereocenters. The minimum Gasteiger partial charge on any atom is -0.302 e. The molecule has 0 bridgehead atoms. The molecule has 3 heteroatoms. The van der Waals surface area contributed by atoms with Crippen LogP contribution in [0.3, 0.4) is 0 Å². The third kappa shape index (κ3) is 3.36. The van der Waals surface area contributed by atoms with E-state index in [1.807, 2.05) is 48.5 Å². The molecule has 2 nitrogen and oxygen atoms in total. The molecule has 0 amide bonds. The third-order valence-corrected chi connectivity index (χ3v) is 2.59. The Morgan fingerprint density at radius 3 is 2.47 bits per heavy atom. The maximum Gasteiger partial charge on any atom is 0.110 e. The van der Waals surface area contributed by atoms with E-state index >= 15 is 0 Å². The van der Waals surface area contributed by atoms with Crippen molar-refractivity contribution in [3.05, 3.63) is 66.0 Å². The maximum absolute atomic E-state index is 12.9. The lowest BCUT2D eigenvalue weighted by Gasteiger charge is -2.14. The molecule has 2 rings (SSSR count). The number of aromatic nitrogens is 1. The number of nitrogens with zero attached hydrogens (tertiary/aromatic N) is 1. The van der Waals surface area contributed by atoms with Gasteiger partial charge in [0.2, 0.25) is 0 Å². The molecule has 2 aromatic rings. The maximum atomic E-state index is 12.9. The molecule has 88 valence electrons. The van der Waals surface area contributed by atoms with E-state index in [1.165, 1.54) is 0 Å². The van der Waals surface area contributed by atoms with Crippen molar-refractivity contribution >= 4 is 0 Å². The summed E-state index contributed by atoms with van der Waals surface area (Å²) in [7, 11) is 0. The van der Waals surface area contributed by atoms with Crippen LogP contribution in [0.1, 0.15) is 17.3 Å². The molecule has 0 spiro atoms. The molecule has 17 heavy (non-hydrogen) atoms. The van der Waals surface area contributed by atoms with Crippen molar-refractivity contribution in [2.75, 3.05) is 6.67 Å². The van der Waals surface area contributed by atoms with E-state index < -0.39 is 6.67 Å². The molecule has 1 N–H and O–H groups in total. The summed E-state index contributed by atoms with van der Waals surface area (Å²) in [6.07, 6.45) is 1.68. The van der Waals surface area contributed by atoms with Crippen LogP contribution >= 0.6 is 0 Å². The first kappa shape index (κ1) is 11.7. The number of alkyl halides is 1. The first-order valence-electron chi connectivity index (χ1n) is 5.64. The van der Waals surface area contributed by atoms with Crippen molar-refractivity contribution in [2.45, 2.75) is 12.6 Å². The number of hydrogen-bond acceptors (Lipinski definition) is 2. The number of pyridine rings is 1. The molecule has 1 aromatic heterocycles. The lowest BCUT2D eigenvalue weighted by Crippen LogP contribution is -2.23. The van der Waals surface area contributed by atoms with Gasteiger partial charge in [0.15, 0.2) is 0 Å². The Morgan fingerprint density at radius 1 is 1.06 bits per heavy atom. The van der Waals surface area contributed by atoms with Gasteiger partial charge < -0.3 is 5.32 Å². The van der Waals surface area contributed by atoms with Gasteiger partial charge in [-0.05, 0) is 17.7 Å². The van der Waals surface area contributed by atoms with E-state index in [0.29, 0.717) is 6.54 Å². The largest absolute Gasteiger partial charge is 0.302 e. The van der Waals surface area contributed by atoms with Gasteiger partial charge in [0.05, 0.1) is 11.7 Å². The smallest absolute Gasteiger partial charge is 0.110 e. The molecule has 0 fully saturated rings. The second-order valence-electron chi connectivity index (χ2n) is 3.83. The van der Waals surface area contributed by atoms with Crippen molar-refractivity contribution in [2.24, 2.45) is 0 Å². The fourth-order valence-corrected chi connectivity index (χ4v) is 1.66. The van der Waals surface area contributed by atoms with Gasteiger partial charge in [-0.25, -0.2) is 4.39 Å². The van der Waals surface area contributed by atoms with Gasteiger partial charge in [0, 0.05) is 12.7 Å². The molecule has 1 heterocycles. The van der Waals surface area contributed by atoms with Crippen molar-refractivity contribution in [3.63, 3.8) is 0 Å². The van der Waals surface area contributed by atoms with E-state index in [1.54, 1.807) is 6.20 Å². The van der Waals surface area contributed by atoms with Gasteiger partial charge in [0.25, 0.3) is 0 Å². The molecule has 0 aliphatic rings. The summed E-state index contributed by atoms with van der Waals surface area (Å²) in [6, 6.07) is 15.1. The number of nitrogens with one attached hydrogen (secondary N) is 1. The van der Waals surface area contributed by atoms with Crippen LogP contribution in [0.25, 0.3) is 0 Å². The molecular weight excluding hydrogens is 215 g/mol.